The Bertz CT molecular complexity index is 1050. The standard InChI is InChI=1S/C31H47NO7Si/c1-29(2,3)40(8,9)37-22-25(26(33)27-28(34)39-31(5,36-7)30(4,35-6)38-27)32(20-23-16-12-10-13-17-23)21-24-18-14-11-15-19-24/h10-19,25-27,33H,20-22H2,1-9H3/t25-,26-,27-,30?,31+/m0/s1. The molecule has 0 saturated carbocycles. The van der Waals surface area contributed by atoms with E-state index in [1.165, 1.54) is 14.2 Å². The fourth-order valence-corrected chi connectivity index (χ4v) is 5.49. The molecule has 2 aromatic carbocycles. The van der Waals surface area contributed by atoms with E-state index in [4.69, 9.17) is 23.4 Å². The summed E-state index contributed by atoms with van der Waals surface area (Å²) in [6, 6.07) is 19.5. The molecule has 2 aromatic rings. The maximum absolute atomic E-state index is 13.3. The van der Waals surface area contributed by atoms with E-state index in [-0.39, 0.29) is 11.6 Å². The zero-order chi connectivity index (χ0) is 29.8. The average molecular weight is 574 g/mol. The number of hydrogen-bond acceptors (Lipinski definition) is 8. The Labute approximate surface area is 240 Å². The van der Waals surface area contributed by atoms with Crippen molar-refractivity contribution in [1.29, 1.82) is 0 Å². The quantitative estimate of drug-likeness (QED) is 0.277. The molecule has 222 valence electrons. The Morgan fingerprint density at radius 1 is 0.925 bits per heavy atom. The van der Waals surface area contributed by atoms with Gasteiger partial charge in [0.2, 0.25) is 5.79 Å². The zero-order valence-electron chi connectivity index (χ0n) is 25.5. The van der Waals surface area contributed by atoms with Crippen LogP contribution in [0.1, 0.15) is 45.7 Å². The van der Waals surface area contributed by atoms with Crippen LogP contribution in [-0.2, 0) is 41.3 Å². The number of esters is 1. The Kier molecular flexibility index (Phi) is 10.4. The van der Waals surface area contributed by atoms with Crippen LogP contribution in [0.5, 0.6) is 0 Å². The fourth-order valence-electron chi connectivity index (χ4n) is 4.47. The summed E-state index contributed by atoms with van der Waals surface area (Å²) in [4.78, 5) is 15.5. The number of cyclic esters (lactones) is 1. The first kappa shape index (κ1) is 32.4. The Morgan fingerprint density at radius 2 is 1.40 bits per heavy atom. The molecule has 0 aliphatic carbocycles. The molecule has 1 unspecified atom stereocenters. The lowest BCUT2D eigenvalue weighted by molar-refractivity contribution is -0.411. The molecule has 5 atom stereocenters. The molecule has 40 heavy (non-hydrogen) atoms. The van der Waals surface area contributed by atoms with E-state index in [2.05, 4.69) is 38.8 Å². The van der Waals surface area contributed by atoms with Crippen molar-refractivity contribution in [2.24, 2.45) is 0 Å². The minimum Gasteiger partial charge on any atom is -0.425 e. The van der Waals surface area contributed by atoms with Crippen LogP contribution in [-0.4, -0.2) is 74.9 Å². The first-order valence-electron chi connectivity index (χ1n) is 13.8. The molecule has 1 aliphatic rings. The summed E-state index contributed by atoms with van der Waals surface area (Å²) in [5, 5.41) is 11.9. The summed E-state index contributed by atoms with van der Waals surface area (Å²) >= 11 is 0. The van der Waals surface area contributed by atoms with Crippen LogP contribution in [0.2, 0.25) is 18.1 Å². The summed E-state index contributed by atoms with van der Waals surface area (Å²) in [5.41, 5.74) is 2.15. The van der Waals surface area contributed by atoms with Gasteiger partial charge in [-0.3, -0.25) is 4.90 Å². The Hall–Kier alpha value is -2.11. The number of nitrogens with zero attached hydrogens (tertiary/aromatic N) is 1. The molecule has 3 rings (SSSR count). The summed E-state index contributed by atoms with van der Waals surface area (Å²) in [6.07, 6.45) is -2.61. The van der Waals surface area contributed by atoms with E-state index in [0.29, 0.717) is 13.1 Å². The number of carbonyl (C=O) groups is 1. The number of methoxy groups -OCH3 is 2. The van der Waals surface area contributed by atoms with Crippen molar-refractivity contribution in [2.45, 2.75) is 95.7 Å². The number of rotatable bonds is 12. The summed E-state index contributed by atoms with van der Waals surface area (Å²) < 4.78 is 29.7. The number of ether oxygens (including phenoxy) is 4. The van der Waals surface area contributed by atoms with Crippen molar-refractivity contribution >= 4 is 14.3 Å². The van der Waals surface area contributed by atoms with Gasteiger partial charge in [-0.25, -0.2) is 4.79 Å². The second-order valence-electron chi connectivity index (χ2n) is 12.3. The summed E-state index contributed by atoms with van der Waals surface area (Å²) in [7, 11) is 0.659. The number of aliphatic hydroxyl groups excluding tert-OH is 1. The van der Waals surface area contributed by atoms with Gasteiger partial charge in [0.1, 0.15) is 6.10 Å². The SMILES string of the molecule is COC1(C)O[C@@H]([C@@H](O)[C@H](CO[Si](C)(C)C(C)(C)C)N(Cc2ccccc2)Cc2ccccc2)C(=O)O[C@@]1(C)OC. The van der Waals surface area contributed by atoms with Crippen LogP contribution in [0, 0.1) is 0 Å². The highest BCUT2D eigenvalue weighted by molar-refractivity contribution is 6.74. The van der Waals surface area contributed by atoms with E-state index >= 15 is 0 Å². The molecule has 8 nitrogen and oxygen atoms in total. The van der Waals surface area contributed by atoms with Crippen LogP contribution in [0.25, 0.3) is 0 Å². The topological polar surface area (TPSA) is 86.7 Å². The van der Waals surface area contributed by atoms with Crippen LogP contribution >= 0.6 is 0 Å². The third-order valence-corrected chi connectivity index (χ3v) is 13.0. The van der Waals surface area contributed by atoms with Gasteiger partial charge in [-0.1, -0.05) is 81.4 Å². The molecule has 1 heterocycles. The van der Waals surface area contributed by atoms with Gasteiger partial charge < -0.3 is 28.5 Å². The second kappa shape index (κ2) is 12.8. The van der Waals surface area contributed by atoms with Crippen LogP contribution in [0.15, 0.2) is 60.7 Å². The monoisotopic (exact) mass is 573 g/mol. The third kappa shape index (κ3) is 7.20. The summed E-state index contributed by atoms with van der Waals surface area (Å²) in [5.74, 6) is -3.66. The average Bonchev–Trinajstić information content (AvgIpc) is 2.91. The van der Waals surface area contributed by atoms with Gasteiger partial charge in [0.05, 0.1) is 12.6 Å². The van der Waals surface area contributed by atoms with Gasteiger partial charge >= 0.3 is 5.97 Å². The molecule has 1 N–H and O–H groups in total. The van der Waals surface area contributed by atoms with Crippen molar-refractivity contribution < 1.29 is 33.3 Å². The third-order valence-electron chi connectivity index (χ3n) is 8.54. The molecule has 1 saturated heterocycles. The Morgan fingerprint density at radius 3 is 1.82 bits per heavy atom. The minimum atomic E-state index is -2.21. The predicted octanol–water partition coefficient (Wildman–Crippen LogP) is 5.11. The predicted molar refractivity (Wildman–Crippen MR) is 157 cm³/mol. The molecule has 0 bridgehead atoms. The van der Waals surface area contributed by atoms with Gasteiger partial charge in [-0.05, 0) is 36.2 Å². The van der Waals surface area contributed by atoms with Crippen LogP contribution < -0.4 is 0 Å². The Balaban J connectivity index is 2.03. The van der Waals surface area contributed by atoms with E-state index in [9.17, 15) is 9.90 Å². The highest BCUT2D eigenvalue weighted by Crippen LogP contribution is 2.40. The molecule has 1 fully saturated rings. The van der Waals surface area contributed by atoms with Crippen molar-refractivity contribution in [2.75, 3.05) is 20.8 Å². The molecule has 0 radical (unpaired) electrons. The first-order valence-corrected chi connectivity index (χ1v) is 16.7. The number of benzene rings is 2. The smallest absolute Gasteiger partial charge is 0.340 e. The molecule has 0 spiro atoms. The highest BCUT2D eigenvalue weighted by atomic mass is 28.4. The minimum absolute atomic E-state index is 0.0403. The van der Waals surface area contributed by atoms with Crippen molar-refractivity contribution in [3.05, 3.63) is 71.8 Å². The maximum atomic E-state index is 13.3. The van der Waals surface area contributed by atoms with Crippen LogP contribution in [0.4, 0.5) is 0 Å². The van der Waals surface area contributed by atoms with Crippen molar-refractivity contribution in [3.8, 4) is 0 Å². The van der Waals surface area contributed by atoms with E-state index in [0.717, 1.165) is 11.1 Å². The normalized spacial score (nSPS) is 25.5. The molecule has 0 amide bonds. The van der Waals surface area contributed by atoms with Gasteiger partial charge in [-0.15, -0.1) is 0 Å². The van der Waals surface area contributed by atoms with Gasteiger partial charge in [0.15, 0.2) is 14.4 Å². The second-order valence-corrected chi connectivity index (χ2v) is 17.1. The van der Waals surface area contributed by atoms with E-state index in [1.807, 2.05) is 60.7 Å². The van der Waals surface area contributed by atoms with Gasteiger partial charge in [0, 0.05) is 34.2 Å². The lowest BCUT2D eigenvalue weighted by Gasteiger charge is -2.50. The van der Waals surface area contributed by atoms with Crippen molar-refractivity contribution in [3.63, 3.8) is 0 Å². The number of aliphatic hydroxyl groups is 1. The highest BCUT2D eigenvalue weighted by Gasteiger charge is 2.59. The lowest BCUT2D eigenvalue weighted by Crippen LogP contribution is -2.68. The molecule has 0 aromatic heterocycles. The molecular weight excluding hydrogens is 526 g/mol. The zero-order valence-corrected chi connectivity index (χ0v) is 26.5. The number of carbonyl (C=O) groups excluding carboxylic acids is 1. The fraction of sp³-hybridized carbons (Fsp3) is 0.581. The number of hydrogen-bond donors (Lipinski definition) is 1. The van der Waals surface area contributed by atoms with Crippen LogP contribution in [0.3, 0.4) is 0 Å². The van der Waals surface area contributed by atoms with Crippen molar-refractivity contribution in [1.82, 2.24) is 4.90 Å². The first-order chi connectivity index (χ1) is 18.7. The van der Waals surface area contributed by atoms with E-state index in [1.54, 1.807) is 13.8 Å². The molecular formula is C31H47NO7Si. The molecule has 9 heteroatoms. The maximum Gasteiger partial charge on any atom is 0.340 e. The lowest BCUT2D eigenvalue weighted by atomic mass is 9.99. The van der Waals surface area contributed by atoms with Gasteiger partial charge in [-0.2, -0.15) is 0 Å². The van der Waals surface area contributed by atoms with Gasteiger partial charge in [0.25, 0.3) is 5.79 Å². The molecule has 1 aliphatic heterocycles. The largest absolute Gasteiger partial charge is 0.425 e. The van der Waals surface area contributed by atoms with E-state index < -0.39 is 44.1 Å². The summed E-state index contributed by atoms with van der Waals surface area (Å²) in [6.45, 7) is 15.3.